The van der Waals surface area contributed by atoms with Crippen LogP contribution in [0.25, 0.3) is 0 Å². The first-order chi connectivity index (χ1) is 12.4. The van der Waals surface area contributed by atoms with Crippen molar-refractivity contribution in [3.05, 3.63) is 41.6 Å². The number of rotatable bonds is 3. The summed E-state index contributed by atoms with van der Waals surface area (Å²) in [5.41, 5.74) is 12.2. The molecule has 0 amide bonds. The average Bonchev–Trinajstić information content (AvgIpc) is 2.90. The number of nitrogens with zero attached hydrogens (tertiary/aromatic N) is 4. The molecule has 1 fully saturated rings. The highest BCUT2D eigenvalue weighted by molar-refractivity contribution is 5.55. The number of nitrogens with two attached hydrogens (primary N) is 1. The molecule has 6 nitrogen and oxygen atoms in total. The molecule has 4 rings (SSSR count). The van der Waals surface area contributed by atoms with Crippen molar-refractivity contribution in [2.45, 2.75) is 38.3 Å². The molecular formula is C18H22F2N6. The van der Waals surface area contributed by atoms with Crippen LogP contribution in [0.1, 0.15) is 36.9 Å². The fourth-order valence-electron chi connectivity index (χ4n) is 3.53. The van der Waals surface area contributed by atoms with Gasteiger partial charge in [0.15, 0.2) is 5.82 Å². The highest BCUT2D eigenvalue weighted by Gasteiger charge is 2.34. The number of nitrogens with one attached hydrogen (secondary N) is 1. The van der Waals surface area contributed by atoms with Crippen molar-refractivity contribution in [1.82, 2.24) is 15.4 Å². The first-order valence-corrected chi connectivity index (χ1v) is 8.79. The Balaban J connectivity index is 1.51. The van der Waals surface area contributed by atoms with Gasteiger partial charge in [-0.05, 0) is 24.6 Å². The van der Waals surface area contributed by atoms with Crippen LogP contribution in [0.15, 0.2) is 30.5 Å². The fraction of sp³-hybridized carbons (Fsp3) is 0.444. The minimum absolute atomic E-state index is 0.0913. The van der Waals surface area contributed by atoms with Crippen molar-refractivity contribution in [3.63, 3.8) is 0 Å². The van der Waals surface area contributed by atoms with Gasteiger partial charge in [-0.2, -0.15) is 4.98 Å². The monoisotopic (exact) mass is 360 g/mol. The zero-order chi connectivity index (χ0) is 18.3. The van der Waals surface area contributed by atoms with E-state index in [0.29, 0.717) is 19.6 Å². The van der Waals surface area contributed by atoms with Gasteiger partial charge in [0.1, 0.15) is 0 Å². The van der Waals surface area contributed by atoms with Gasteiger partial charge in [0.05, 0.1) is 12.6 Å². The standard InChI is InChI=1S/C18H22F2N6/c1-12-15-10-22-17(21)23-16(15)26(24-12)11-13-3-2-4-14(9-13)25-7-5-18(19,20)6-8-25/h2-4,9-10,12,24H,5-8,11H2,1H3,(H2,21,22,23). The summed E-state index contributed by atoms with van der Waals surface area (Å²) in [6.45, 7) is 3.40. The summed E-state index contributed by atoms with van der Waals surface area (Å²) < 4.78 is 26.8. The van der Waals surface area contributed by atoms with Crippen LogP contribution >= 0.6 is 0 Å². The van der Waals surface area contributed by atoms with Crippen LogP contribution < -0.4 is 21.1 Å². The molecule has 0 saturated carbocycles. The number of aromatic nitrogens is 2. The third kappa shape index (κ3) is 3.29. The van der Waals surface area contributed by atoms with Crippen LogP contribution in [0.3, 0.4) is 0 Å². The van der Waals surface area contributed by atoms with Crippen molar-refractivity contribution >= 4 is 17.5 Å². The number of hydrazine groups is 1. The molecule has 0 radical (unpaired) electrons. The fourth-order valence-corrected chi connectivity index (χ4v) is 3.53. The molecule has 2 aliphatic heterocycles. The first-order valence-electron chi connectivity index (χ1n) is 8.79. The third-order valence-corrected chi connectivity index (χ3v) is 5.00. The van der Waals surface area contributed by atoms with E-state index in [-0.39, 0.29) is 24.8 Å². The number of hydrogen-bond acceptors (Lipinski definition) is 6. The first kappa shape index (κ1) is 17.0. The summed E-state index contributed by atoms with van der Waals surface area (Å²) >= 11 is 0. The molecule has 0 aliphatic carbocycles. The number of nitrogen functional groups attached to an aromatic ring is 1. The number of piperidine rings is 1. The summed E-state index contributed by atoms with van der Waals surface area (Å²) in [5, 5.41) is 1.96. The summed E-state index contributed by atoms with van der Waals surface area (Å²) in [6.07, 6.45) is 1.57. The lowest BCUT2D eigenvalue weighted by Gasteiger charge is -2.33. The van der Waals surface area contributed by atoms with Crippen molar-refractivity contribution < 1.29 is 8.78 Å². The SMILES string of the molecule is CC1NN(Cc2cccc(N3CCC(F)(F)CC3)c2)c2nc(N)ncc21. The van der Waals surface area contributed by atoms with Gasteiger partial charge in [-0.3, -0.25) is 5.01 Å². The minimum atomic E-state index is -2.53. The lowest BCUT2D eigenvalue weighted by atomic mass is 10.1. The second-order valence-electron chi connectivity index (χ2n) is 6.96. The molecule has 2 aromatic rings. The number of benzene rings is 1. The predicted octanol–water partition coefficient (Wildman–Crippen LogP) is 2.88. The maximum atomic E-state index is 13.4. The Morgan fingerprint density at radius 1 is 1.31 bits per heavy atom. The van der Waals surface area contributed by atoms with Gasteiger partial charge in [0.2, 0.25) is 5.95 Å². The maximum Gasteiger partial charge on any atom is 0.251 e. The van der Waals surface area contributed by atoms with Crippen molar-refractivity contribution in [3.8, 4) is 0 Å². The summed E-state index contributed by atoms with van der Waals surface area (Å²) in [6, 6.07) is 8.13. The Morgan fingerprint density at radius 3 is 2.85 bits per heavy atom. The number of anilines is 3. The Bertz CT molecular complexity index is 802. The van der Waals surface area contributed by atoms with Crippen LogP contribution in [0, 0.1) is 0 Å². The Labute approximate surface area is 151 Å². The molecule has 1 atom stereocenters. The van der Waals surface area contributed by atoms with Crippen molar-refractivity contribution in [1.29, 1.82) is 0 Å². The van der Waals surface area contributed by atoms with Crippen molar-refractivity contribution in [2.24, 2.45) is 0 Å². The number of fused-ring (bicyclic) bond motifs is 1. The molecule has 1 aromatic carbocycles. The third-order valence-electron chi connectivity index (χ3n) is 5.00. The number of hydrogen-bond donors (Lipinski definition) is 2. The van der Waals surface area contributed by atoms with Gasteiger partial charge in [-0.25, -0.2) is 19.2 Å². The lowest BCUT2D eigenvalue weighted by molar-refractivity contribution is -0.0220. The molecule has 0 bridgehead atoms. The Morgan fingerprint density at radius 2 is 2.08 bits per heavy atom. The summed E-state index contributed by atoms with van der Waals surface area (Å²) in [5.74, 6) is -1.51. The molecule has 3 heterocycles. The number of halogens is 2. The normalized spacial score (nSPS) is 21.7. The summed E-state index contributed by atoms with van der Waals surface area (Å²) in [4.78, 5) is 10.4. The van der Waals surface area contributed by atoms with Crippen LogP contribution in [0.4, 0.5) is 26.2 Å². The Hall–Kier alpha value is -2.48. The second kappa shape index (κ2) is 6.35. The zero-order valence-corrected chi connectivity index (χ0v) is 14.6. The van der Waals surface area contributed by atoms with E-state index in [0.717, 1.165) is 22.6 Å². The van der Waals surface area contributed by atoms with Gasteiger partial charge < -0.3 is 10.6 Å². The van der Waals surface area contributed by atoms with Gasteiger partial charge in [0, 0.05) is 43.4 Å². The smallest absolute Gasteiger partial charge is 0.251 e. The highest BCUT2D eigenvalue weighted by atomic mass is 19.3. The van der Waals surface area contributed by atoms with E-state index in [9.17, 15) is 8.78 Å². The Kier molecular flexibility index (Phi) is 4.14. The van der Waals surface area contributed by atoms with E-state index >= 15 is 0 Å². The van der Waals surface area contributed by atoms with E-state index in [1.165, 1.54) is 0 Å². The minimum Gasteiger partial charge on any atom is -0.371 e. The van der Waals surface area contributed by atoms with Crippen LogP contribution in [-0.4, -0.2) is 29.0 Å². The van der Waals surface area contributed by atoms with Crippen LogP contribution in [0.5, 0.6) is 0 Å². The highest BCUT2D eigenvalue weighted by Crippen LogP contribution is 2.33. The van der Waals surface area contributed by atoms with Gasteiger partial charge in [-0.1, -0.05) is 12.1 Å². The van der Waals surface area contributed by atoms with Gasteiger partial charge in [0.25, 0.3) is 5.92 Å². The topological polar surface area (TPSA) is 70.3 Å². The van der Waals surface area contributed by atoms with Gasteiger partial charge >= 0.3 is 0 Å². The molecule has 26 heavy (non-hydrogen) atoms. The van der Waals surface area contributed by atoms with E-state index in [1.54, 1.807) is 6.20 Å². The van der Waals surface area contributed by atoms with E-state index in [1.807, 2.05) is 35.0 Å². The molecule has 3 N–H and O–H groups in total. The molecule has 1 aromatic heterocycles. The maximum absolute atomic E-state index is 13.4. The lowest BCUT2D eigenvalue weighted by Crippen LogP contribution is -2.39. The summed E-state index contributed by atoms with van der Waals surface area (Å²) in [7, 11) is 0. The molecule has 8 heteroatoms. The van der Waals surface area contributed by atoms with Crippen LogP contribution in [0.2, 0.25) is 0 Å². The quantitative estimate of drug-likeness (QED) is 0.877. The van der Waals surface area contributed by atoms with Gasteiger partial charge in [-0.15, -0.1) is 0 Å². The van der Waals surface area contributed by atoms with E-state index in [2.05, 4.69) is 21.5 Å². The molecule has 1 saturated heterocycles. The number of alkyl halides is 2. The van der Waals surface area contributed by atoms with E-state index < -0.39 is 5.92 Å². The molecule has 2 aliphatic rings. The molecule has 138 valence electrons. The van der Waals surface area contributed by atoms with Crippen molar-refractivity contribution in [2.75, 3.05) is 28.7 Å². The largest absolute Gasteiger partial charge is 0.371 e. The molecule has 0 spiro atoms. The van der Waals surface area contributed by atoms with Crippen LogP contribution in [-0.2, 0) is 6.54 Å². The molecular weight excluding hydrogens is 338 g/mol. The second-order valence-corrected chi connectivity index (χ2v) is 6.96. The average molecular weight is 360 g/mol. The predicted molar refractivity (Wildman–Crippen MR) is 97.0 cm³/mol. The zero-order valence-electron chi connectivity index (χ0n) is 14.6. The molecule has 1 unspecified atom stereocenters. The van der Waals surface area contributed by atoms with E-state index in [4.69, 9.17) is 5.73 Å².